The van der Waals surface area contributed by atoms with Gasteiger partial charge < -0.3 is 20.1 Å². The normalized spacial score (nSPS) is 15.8. The molecule has 2 aromatic carbocycles. The molecule has 1 atom stereocenters. The molecule has 0 aliphatic carbocycles. The first-order valence-electron chi connectivity index (χ1n) is 6.09. The summed E-state index contributed by atoms with van der Waals surface area (Å²) < 4.78 is 5.67. The first-order valence-corrected chi connectivity index (χ1v) is 6.09. The summed E-state index contributed by atoms with van der Waals surface area (Å²) in [6.45, 7) is 0. The van der Waals surface area contributed by atoms with E-state index >= 15 is 0 Å². The van der Waals surface area contributed by atoms with E-state index in [1.807, 2.05) is 0 Å². The number of carbonyl (C=O) groups is 1. The van der Waals surface area contributed by atoms with Crippen LogP contribution in [-0.4, -0.2) is 80.2 Å². The molecule has 7 heteroatoms. The number of phenols is 3. The Balaban J connectivity index is 0.00000121. The third-order valence-corrected chi connectivity index (χ3v) is 3.25. The first kappa shape index (κ1) is 19.4. The van der Waals surface area contributed by atoms with Crippen molar-refractivity contribution in [3.63, 3.8) is 0 Å². The van der Waals surface area contributed by atoms with Crippen molar-refractivity contribution in [3.8, 4) is 23.0 Å². The molecule has 3 N–H and O–H groups in total. The van der Waals surface area contributed by atoms with Gasteiger partial charge in [0.15, 0.2) is 5.78 Å². The molecule has 0 spiro atoms. The summed E-state index contributed by atoms with van der Waals surface area (Å²) in [6, 6.07) is 8.78. The van der Waals surface area contributed by atoms with Crippen LogP contribution < -0.4 is 4.74 Å². The van der Waals surface area contributed by atoms with E-state index < -0.39 is 6.10 Å². The fraction of sp³-hybridized carbons (Fsp3) is 0.133. The van der Waals surface area contributed by atoms with E-state index in [1.54, 1.807) is 12.1 Å². The van der Waals surface area contributed by atoms with Gasteiger partial charge in [0.2, 0.25) is 0 Å². The molecular weight excluding hydrogens is 306 g/mol. The zero-order chi connectivity index (χ0) is 14.3. The van der Waals surface area contributed by atoms with Crippen LogP contribution in [0.25, 0.3) is 0 Å². The third kappa shape index (κ3) is 3.79. The van der Waals surface area contributed by atoms with Gasteiger partial charge in [0, 0.05) is 71.2 Å². The maximum Gasteiger partial charge on any atom is 0.174 e. The Morgan fingerprint density at radius 3 is 2.23 bits per heavy atom. The molecule has 0 saturated carbocycles. The zero-order valence-corrected chi connectivity index (χ0v) is 16.4. The Morgan fingerprint density at radius 1 is 0.955 bits per heavy atom. The van der Waals surface area contributed by atoms with Gasteiger partial charge in [-0.2, -0.15) is 0 Å². The molecule has 1 aliphatic rings. The average molecular weight is 318 g/mol. The van der Waals surface area contributed by atoms with Crippen molar-refractivity contribution < 1.29 is 24.9 Å². The van der Waals surface area contributed by atoms with E-state index in [4.69, 9.17) is 4.74 Å². The quantitative estimate of drug-likeness (QED) is 0.697. The van der Waals surface area contributed by atoms with E-state index in [0.717, 1.165) is 11.6 Å². The summed E-state index contributed by atoms with van der Waals surface area (Å²) in [7, 11) is 0. The standard InChI is InChI=1S/C15H12O5.2Na/c16-9-3-1-8(2-4-9)13-7-12(19)15-11(18)5-10(17)6-14(15)20-13;;/h1-6,13,16-18H,7H2;;/t13-;;/m0../s1. The minimum Gasteiger partial charge on any atom is -0.508 e. The minimum atomic E-state index is -0.503. The number of phenolic OH excluding ortho intramolecular Hbond substituents is 3. The second-order valence-corrected chi connectivity index (χ2v) is 4.66. The molecule has 2 radical (unpaired) electrons. The fourth-order valence-corrected chi connectivity index (χ4v) is 2.30. The van der Waals surface area contributed by atoms with E-state index in [2.05, 4.69) is 0 Å². The number of aromatic hydroxyl groups is 3. The van der Waals surface area contributed by atoms with Gasteiger partial charge in [0.05, 0.1) is 6.42 Å². The minimum absolute atomic E-state index is 0. The van der Waals surface area contributed by atoms with E-state index in [-0.39, 0.29) is 99.9 Å². The Bertz CT molecular complexity index is 685. The molecule has 0 aromatic heterocycles. The summed E-state index contributed by atoms with van der Waals surface area (Å²) in [5, 5.41) is 28.4. The Labute approximate surface area is 171 Å². The van der Waals surface area contributed by atoms with Gasteiger partial charge in [-0.3, -0.25) is 4.79 Å². The number of carbonyl (C=O) groups excluding carboxylic acids is 1. The second kappa shape index (κ2) is 7.73. The van der Waals surface area contributed by atoms with Crippen LogP contribution in [0.1, 0.15) is 28.4 Å². The molecule has 0 bridgehead atoms. The monoisotopic (exact) mass is 318 g/mol. The van der Waals surface area contributed by atoms with Crippen LogP contribution in [0.4, 0.5) is 0 Å². The number of ketones is 1. The van der Waals surface area contributed by atoms with E-state index in [1.165, 1.54) is 18.2 Å². The van der Waals surface area contributed by atoms with Crippen molar-refractivity contribution in [2.45, 2.75) is 12.5 Å². The smallest absolute Gasteiger partial charge is 0.174 e. The number of ether oxygens (including phenoxy) is 1. The maximum absolute atomic E-state index is 12.1. The van der Waals surface area contributed by atoms with Crippen LogP contribution in [0.2, 0.25) is 0 Å². The number of rotatable bonds is 1. The van der Waals surface area contributed by atoms with Crippen molar-refractivity contribution in [3.05, 3.63) is 47.5 Å². The topological polar surface area (TPSA) is 87.0 Å². The van der Waals surface area contributed by atoms with Crippen LogP contribution in [0.15, 0.2) is 36.4 Å². The Hall–Kier alpha value is -0.690. The van der Waals surface area contributed by atoms with E-state index in [0.29, 0.717) is 0 Å². The van der Waals surface area contributed by atoms with Crippen molar-refractivity contribution >= 4 is 64.9 Å². The summed E-state index contributed by atoms with van der Waals surface area (Å²) in [6.07, 6.45) is -0.410. The zero-order valence-electron chi connectivity index (χ0n) is 12.4. The van der Waals surface area contributed by atoms with Gasteiger partial charge in [-0.1, -0.05) is 12.1 Å². The van der Waals surface area contributed by atoms with Gasteiger partial charge in [0.25, 0.3) is 0 Å². The van der Waals surface area contributed by atoms with Gasteiger partial charge in [-0.05, 0) is 17.7 Å². The molecule has 3 rings (SSSR count). The predicted octanol–water partition coefficient (Wildman–Crippen LogP) is 1.75. The molecule has 22 heavy (non-hydrogen) atoms. The van der Waals surface area contributed by atoms with Gasteiger partial charge in [-0.25, -0.2) is 0 Å². The number of Topliss-reactive ketones (excluding diaryl/α,β-unsaturated/α-hetero) is 1. The molecule has 1 heterocycles. The Kier molecular flexibility index (Phi) is 6.80. The maximum atomic E-state index is 12.1. The molecule has 0 saturated heterocycles. The number of benzene rings is 2. The molecule has 0 fully saturated rings. The molecule has 104 valence electrons. The van der Waals surface area contributed by atoms with Crippen LogP contribution >= 0.6 is 0 Å². The fourth-order valence-electron chi connectivity index (χ4n) is 2.30. The van der Waals surface area contributed by atoms with Gasteiger partial charge >= 0.3 is 0 Å². The third-order valence-electron chi connectivity index (χ3n) is 3.25. The molecular formula is C15H12Na2O5. The van der Waals surface area contributed by atoms with Crippen LogP contribution in [0, 0.1) is 0 Å². The largest absolute Gasteiger partial charge is 0.508 e. The van der Waals surface area contributed by atoms with Gasteiger partial charge in [-0.15, -0.1) is 0 Å². The molecule has 1 aliphatic heterocycles. The van der Waals surface area contributed by atoms with Crippen molar-refractivity contribution in [2.75, 3.05) is 0 Å². The van der Waals surface area contributed by atoms with Crippen molar-refractivity contribution in [2.24, 2.45) is 0 Å². The molecule has 5 nitrogen and oxygen atoms in total. The Morgan fingerprint density at radius 2 is 1.59 bits per heavy atom. The van der Waals surface area contributed by atoms with E-state index in [9.17, 15) is 20.1 Å². The summed E-state index contributed by atoms with van der Waals surface area (Å²) >= 11 is 0. The van der Waals surface area contributed by atoms with Crippen LogP contribution in [-0.2, 0) is 0 Å². The average Bonchev–Trinajstić information content (AvgIpc) is 2.38. The van der Waals surface area contributed by atoms with Crippen molar-refractivity contribution in [1.82, 2.24) is 0 Å². The van der Waals surface area contributed by atoms with Gasteiger partial charge in [0.1, 0.15) is 34.7 Å². The first-order chi connectivity index (χ1) is 9.54. The summed E-state index contributed by atoms with van der Waals surface area (Å²) in [4.78, 5) is 12.1. The van der Waals surface area contributed by atoms with Crippen molar-refractivity contribution in [1.29, 1.82) is 0 Å². The SMILES string of the molecule is O=C1C[C@@H](c2ccc(O)cc2)Oc2cc(O)cc(O)c21.[Na].[Na]. The predicted molar refractivity (Wildman–Crippen MR) is 81.7 cm³/mol. The second-order valence-electron chi connectivity index (χ2n) is 4.66. The summed E-state index contributed by atoms with van der Waals surface area (Å²) in [5.41, 5.74) is 0.836. The van der Waals surface area contributed by atoms with Crippen LogP contribution in [0.5, 0.6) is 23.0 Å². The molecule has 0 unspecified atom stereocenters. The van der Waals surface area contributed by atoms with Crippen LogP contribution in [0.3, 0.4) is 0 Å². The number of hydrogen-bond donors (Lipinski definition) is 3. The summed E-state index contributed by atoms with van der Waals surface area (Å²) in [5.74, 6) is -0.403. The number of hydrogen-bond acceptors (Lipinski definition) is 5. The molecule has 2 aromatic rings. The number of fused-ring (bicyclic) bond motifs is 1. The molecule has 0 amide bonds.